The number of piperidine rings is 1. The lowest BCUT2D eigenvalue weighted by Gasteiger charge is -2.32. The van der Waals surface area contributed by atoms with Crippen molar-refractivity contribution >= 4 is 58.1 Å². The van der Waals surface area contributed by atoms with Gasteiger partial charge in [0, 0.05) is 42.2 Å². The fraction of sp³-hybridized carbons (Fsp3) is 0.259. The van der Waals surface area contributed by atoms with Crippen LogP contribution in [0.2, 0.25) is 10.0 Å². The van der Waals surface area contributed by atoms with E-state index in [1.165, 1.54) is 29.3 Å². The Morgan fingerprint density at radius 2 is 1.92 bits per heavy atom. The van der Waals surface area contributed by atoms with Crippen LogP contribution in [-0.2, 0) is 11.3 Å². The molecule has 5 rings (SSSR count). The van der Waals surface area contributed by atoms with Gasteiger partial charge in [-0.2, -0.15) is 0 Å². The van der Waals surface area contributed by atoms with E-state index in [0.717, 1.165) is 59.2 Å². The number of H-pyrrole nitrogens is 1. The molecule has 2 amide bonds. The molecule has 1 aliphatic heterocycles. The number of aromatic nitrogens is 3. The van der Waals surface area contributed by atoms with Crippen LogP contribution in [0.25, 0.3) is 22.6 Å². The van der Waals surface area contributed by atoms with Crippen LogP contribution >= 0.6 is 46.3 Å². The normalized spacial score (nSPS) is 14.4. The molecule has 0 radical (unpaired) electrons. The summed E-state index contributed by atoms with van der Waals surface area (Å²) >= 11 is 15.1. The molecule has 0 saturated carbocycles. The minimum atomic E-state index is -0.555. The number of aromatic amines is 1. The number of hydrogen-bond donors (Lipinski definition) is 3. The van der Waals surface area contributed by atoms with E-state index in [2.05, 4.69) is 20.2 Å². The summed E-state index contributed by atoms with van der Waals surface area (Å²) in [7, 11) is 0. The summed E-state index contributed by atoms with van der Waals surface area (Å²) < 4.78 is 0.830. The minimum Gasteiger partial charge on any atom is -0.364 e. The highest BCUT2D eigenvalue weighted by molar-refractivity contribution is 8.01. The van der Waals surface area contributed by atoms with Crippen molar-refractivity contribution in [1.82, 2.24) is 25.2 Å². The Kier molecular flexibility index (Phi) is 8.89. The van der Waals surface area contributed by atoms with Crippen molar-refractivity contribution in [3.8, 4) is 22.6 Å². The molecule has 12 heteroatoms. The molecule has 0 bridgehead atoms. The van der Waals surface area contributed by atoms with Crippen LogP contribution < -0.4 is 11.1 Å². The van der Waals surface area contributed by atoms with Crippen LogP contribution in [0, 0.1) is 0 Å². The molecule has 4 aromatic rings. The quantitative estimate of drug-likeness (QED) is 0.219. The first-order valence-corrected chi connectivity index (χ1v) is 15.0. The highest BCUT2D eigenvalue weighted by Gasteiger charge is 2.21. The van der Waals surface area contributed by atoms with Crippen LogP contribution in [0.4, 0.5) is 0 Å². The number of carbonyl (C=O) groups is 2. The molecule has 8 nitrogen and oxygen atoms in total. The SMILES string of the molecule is NC(=O)c1cnc(-c2cccc(-c3csc(SCC(=O)NC4CCN(Cc5ccc(Cl)c(Cl)c5)CC4)n3)c2)[nH]1. The number of hydrogen-bond acceptors (Lipinski definition) is 7. The van der Waals surface area contributed by atoms with Crippen LogP contribution in [-0.4, -0.2) is 56.6 Å². The molecule has 3 heterocycles. The lowest BCUT2D eigenvalue weighted by atomic mass is 10.0. The molecular weight excluding hydrogens is 575 g/mol. The van der Waals surface area contributed by atoms with Gasteiger partial charge in [-0.1, -0.05) is 59.2 Å². The molecule has 1 saturated heterocycles. The van der Waals surface area contributed by atoms with Gasteiger partial charge in [0.05, 0.1) is 27.7 Å². The highest BCUT2D eigenvalue weighted by Crippen LogP contribution is 2.30. The fourth-order valence-electron chi connectivity index (χ4n) is 4.40. The van der Waals surface area contributed by atoms with Gasteiger partial charge >= 0.3 is 0 Å². The van der Waals surface area contributed by atoms with Gasteiger partial charge in [0.2, 0.25) is 5.91 Å². The molecule has 0 unspecified atom stereocenters. The van der Waals surface area contributed by atoms with E-state index >= 15 is 0 Å². The lowest BCUT2D eigenvalue weighted by molar-refractivity contribution is -0.119. The van der Waals surface area contributed by atoms with Crippen molar-refractivity contribution in [1.29, 1.82) is 0 Å². The predicted molar refractivity (Wildman–Crippen MR) is 157 cm³/mol. The number of imidazole rings is 1. The molecule has 2 aromatic carbocycles. The second-order valence-electron chi connectivity index (χ2n) is 9.24. The van der Waals surface area contributed by atoms with E-state index in [4.69, 9.17) is 33.9 Å². The lowest BCUT2D eigenvalue weighted by Crippen LogP contribution is -2.44. The first kappa shape index (κ1) is 27.7. The Bertz CT molecular complexity index is 1480. The number of halogens is 2. The third kappa shape index (κ3) is 7.20. The van der Waals surface area contributed by atoms with Crippen molar-refractivity contribution in [2.75, 3.05) is 18.8 Å². The van der Waals surface area contributed by atoms with Gasteiger partial charge < -0.3 is 16.0 Å². The molecule has 0 aliphatic carbocycles. The van der Waals surface area contributed by atoms with Crippen LogP contribution in [0.1, 0.15) is 28.9 Å². The summed E-state index contributed by atoms with van der Waals surface area (Å²) in [6.45, 7) is 2.64. The Labute approximate surface area is 244 Å². The number of nitrogens with one attached hydrogen (secondary N) is 2. The van der Waals surface area contributed by atoms with E-state index in [9.17, 15) is 9.59 Å². The van der Waals surface area contributed by atoms with Crippen molar-refractivity contribution in [2.24, 2.45) is 5.73 Å². The van der Waals surface area contributed by atoms with Crippen molar-refractivity contribution in [3.05, 3.63) is 75.3 Å². The molecule has 39 heavy (non-hydrogen) atoms. The minimum absolute atomic E-state index is 0.0183. The monoisotopic (exact) mass is 600 g/mol. The van der Waals surface area contributed by atoms with Gasteiger partial charge in [-0.25, -0.2) is 9.97 Å². The zero-order valence-electron chi connectivity index (χ0n) is 20.8. The van der Waals surface area contributed by atoms with E-state index in [0.29, 0.717) is 21.6 Å². The number of thioether (sulfide) groups is 1. The number of amides is 2. The topological polar surface area (TPSA) is 117 Å². The molecular formula is C27H26Cl2N6O2S2. The van der Waals surface area contributed by atoms with Gasteiger partial charge in [0.15, 0.2) is 4.34 Å². The summed E-state index contributed by atoms with van der Waals surface area (Å²) in [5, 5.41) is 6.28. The van der Waals surface area contributed by atoms with E-state index in [1.807, 2.05) is 47.8 Å². The summed E-state index contributed by atoms with van der Waals surface area (Å²) in [4.78, 5) is 38.2. The third-order valence-corrected chi connectivity index (χ3v) is 9.19. The van der Waals surface area contributed by atoms with Gasteiger partial charge in [-0.3, -0.25) is 14.5 Å². The molecule has 1 fully saturated rings. The van der Waals surface area contributed by atoms with Crippen molar-refractivity contribution in [2.45, 2.75) is 29.8 Å². The maximum atomic E-state index is 12.6. The summed E-state index contributed by atoms with van der Waals surface area (Å²) in [5.74, 6) is 0.344. The Hall–Kier alpha value is -2.89. The molecule has 202 valence electrons. The van der Waals surface area contributed by atoms with E-state index < -0.39 is 5.91 Å². The summed E-state index contributed by atoms with van der Waals surface area (Å²) in [6.07, 6.45) is 3.24. The van der Waals surface area contributed by atoms with Crippen LogP contribution in [0.3, 0.4) is 0 Å². The number of nitrogens with two attached hydrogens (primary N) is 1. The average Bonchev–Trinajstić information content (AvgIpc) is 3.62. The van der Waals surface area contributed by atoms with Crippen LogP contribution in [0.15, 0.2) is 58.4 Å². The maximum absolute atomic E-state index is 12.6. The van der Waals surface area contributed by atoms with Crippen molar-refractivity contribution < 1.29 is 9.59 Å². The third-order valence-electron chi connectivity index (χ3n) is 6.43. The van der Waals surface area contributed by atoms with Gasteiger partial charge in [0.25, 0.3) is 5.91 Å². The molecule has 2 aromatic heterocycles. The number of nitrogens with zero attached hydrogens (tertiary/aromatic N) is 3. The van der Waals surface area contributed by atoms with Crippen LogP contribution in [0.5, 0.6) is 0 Å². The molecule has 0 spiro atoms. The maximum Gasteiger partial charge on any atom is 0.266 e. The number of thiazole rings is 1. The predicted octanol–water partition coefficient (Wildman–Crippen LogP) is 5.48. The zero-order chi connectivity index (χ0) is 27.4. The summed E-state index contributed by atoms with van der Waals surface area (Å²) in [5.41, 5.74) is 9.27. The van der Waals surface area contributed by atoms with E-state index in [1.54, 1.807) is 0 Å². The number of rotatable bonds is 9. The van der Waals surface area contributed by atoms with Gasteiger partial charge in [-0.15, -0.1) is 11.3 Å². The van der Waals surface area contributed by atoms with Gasteiger partial charge in [-0.05, 0) is 36.6 Å². The first-order valence-electron chi connectivity index (χ1n) is 12.3. The smallest absolute Gasteiger partial charge is 0.266 e. The number of primary amides is 1. The number of likely N-dealkylation sites (tertiary alicyclic amines) is 1. The molecule has 1 aliphatic rings. The van der Waals surface area contributed by atoms with Gasteiger partial charge in [0.1, 0.15) is 11.5 Å². The Morgan fingerprint density at radius 3 is 2.67 bits per heavy atom. The van der Waals surface area contributed by atoms with E-state index in [-0.39, 0.29) is 17.6 Å². The second kappa shape index (κ2) is 12.5. The second-order valence-corrected chi connectivity index (χ2v) is 12.1. The fourth-order valence-corrected chi connectivity index (χ4v) is 6.37. The largest absolute Gasteiger partial charge is 0.364 e. The summed E-state index contributed by atoms with van der Waals surface area (Å²) in [6, 6.07) is 13.6. The molecule has 0 atom stereocenters. The number of carbonyl (C=O) groups excluding carboxylic acids is 2. The van der Waals surface area contributed by atoms with Crippen molar-refractivity contribution in [3.63, 3.8) is 0 Å². The Morgan fingerprint density at radius 1 is 1.13 bits per heavy atom. The molecule has 4 N–H and O–H groups in total. The zero-order valence-corrected chi connectivity index (χ0v) is 24.0. The first-order chi connectivity index (χ1) is 18.8. The average molecular weight is 602 g/mol. The number of benzene rings is 2. The highest BCUT2D eigenvalue weighted by atomic mass is 35.5. The standard InChI is InChI=1S/C27H26Cl2N6O2S2/c28-20-5-4-16(10-21(20)29)13-35-8-6-19(7-9-35)32-24(36)15-39-27-34-23(14-38-27)17-2-1-3-18(11-17)26-31-12-22(33-26)25(30)37/h1-5,10-12,14,19H,6-9,13,15H2,(H2,30,37)(H,31,33)(H,32,36). The Balaban J connectivity index is 1.09.